The van der Waals surface area contributed by atoms with Gasteiger partial charge in [-0.1, -0.05) is 35.9 Å². The van der Waals surface area contributed by atoms with Gasteiger partial charge in [0.05, 0.1) is 6.61 Å². The summed E-state index contributed by atoms with van der Waals surface area (Å²) in [6.07, 6.45) is 1.98. The first kappa shape index (κ1) is 14.4. The van der Waals surface area contributed by atoms with Crippen LogP contribution >= 0.6 is 23.4 Å². The van der Waals surface area contributed by atoms with Crippen molar-refractivity contribution in [3.05, 3.63) is 29.4 Å². The molecule has 0 radical (unpaired) electrons. The molecule has 0 bridgehead atoms. The van der Waals surface area contributed by atoms with Gasteiger partial charge in [0.25, 0.3) is 0 Å². The maximum atomic E-state index is 9.31. The summed E-state index contributed by atoms with van der Waals surface area (Å²) in [6, 6.07) is 7.81. The quantitative estimate of drug-likeness (QED) is 0.889. The number of fused-ring (bicyclic) bond motifs is 1. The van der Waals surface area contributed by atoms with E-state index in [1.807, 2.05) is 37.4 Å². The number of halogens is 1. The van der Waals surface area contributed by atoms with Crippen molar-refractivity contribution in [3.8, 4) is 0 Å². The van der Waals surface area contributed by atoms with Gasteiger partial charge in [-0.3, -0.25) is 0 Å². The van der Waals surface area contributed by atoms with Crippen LogP contribution in [0.2, 0.25) is 5.15 Å². The van der Waals surface area contributed by atoms with Crippen LogP contribution in [0.1, 0.15) is 6.92 Å². The molecule has 2 unspecified atom stereocenters. The summed E-state index contributed by atoms with van der Waals surface area (Å²) in [5.41, 5.74) is 0. The van der Waals surface area contributed by atoms with Gasteiger partial charge >= 0.3 is 0 Å². The Kier molecular flexibility index (Phi) is 4.85. The number of hydrogen-bond donors (Lipinski definition) is 2. The normalized spacial score (nSPS) is 14.3. The lowest BCUT2D eigenvalue weighted by Crippen LogP contribution is -2.31. The molecular formula is C13H16ClN3OS. The number of anilines is 1. The number of aliphatic hydroxyl groups is 1. The molecule has 0 saturated heterocycles. The number of aromatic nitrogens is 2. The Balaban J connectivity index is 2.33. The van der Waals surface area contributed by atoms with Gasteiger partial charge in [0.1, 0.15) is 0 Å². The summed E-state index contributed by atoms with van der Waals surface area (Å²) in [4.78, 5) is 0. The van der Waals surface area contributed by atoms with E-state index in [2.05, 4.69) is 15.5 Å². The average Bonchev–Trinajstić information content (AvgIpc) is 2.44. The second-order valence-electron chi connectivity index (χ2n) is 4.27. The second kappa shape index (κ2) is 6.41. The molecule has 102 valence electrons. The van der Waals surface area contributed by atoms with Crippen LogP contribution in [-0.4, -0.2) is 39.5 Å². The van der Waals surface area contributed by atoms with Crippen LogP contribution in [0.4, 0.5) is 5.82 Å². The highest BCUT2D eigenvalue weighted by atomic mass is 35.5. The molecule has 0 fully saturated rings. The molecule has 19 heavy (non-hydrogen) atoms. The zero-order valence-corrected chi connectivity index (χ0v) is 12.4. The number of benzene rings is 1. The number of nitrogens with zero attached hydrogens (tertiary/aromatic N) is 2. The zero-order valence-electron chi connectivity index (χ0n) is 10.8. The van der Waals surface area contributed by atoms with Gasteiger partial charge in [0, 0.05) is 22.1 Å². The molecule has 2 N–H and O–H groups in total. The topological polar surface area (TPSA) is 58.0 Å². The highest BCUT2D eigenvalue weighted by molar-refractivity contribution is 7.99. The molecule has 0 aliphatic carbocycles. The van der Waals surface area contributed by atoms with Crippen molar-refractivity contribution < 1.29 is 5.11 Å². The SMILES string of the molecule is CSC(CO)C(C)Nc1nnc(Cl)c2ccccc12. The van der Waals surface area contributed by atoms with E-state index in [4.69, 9.17) is 11.6 Å². The summed E-state index contributed by atoms with van der Waals surface area (Å²) in [5, 5.41) is 23.0. The fourth-order valence-electron chi connectivity index (χ4n) is 1.92. The summed E-state index contributed by atoms with van der Waals surface area (Å²) in [5.74, 6) is 0.694. The van der Waals surface area contributed by atoms with Crippen LogP contribution in [0, 0.1) is 0 Å². The van der Waals surface area contributed by atoms with E-state index < -0.39 is 0 Å². The average molecular weight is 298 g/mol. The van der Waals surface area contributed by atoms with E-state index in [0.717, 1.165) is 10.8 Å². The number of thioether (sulfide) groups is 1. The third-order valence-corrected chi connectivity index (χ3v) is 4.49. The molecule has 1 heterocycles. The molecule has 4 nitrogen and oxygen atoms in total. The third kappa shape index (κ3) is 3.11. The second-order valence-corrected chi connectivity index (χ2v) is 5.71. The van der Waals surface area contributed by atoms with Gasteiger partial charge < -0.3 is 10.4 Å². The molecule has 0 saturated carbocycles. The Morgan fingerprint density at radius 2 is 2.00 bits per heavy atom. The first-order valence-corrected chi connectivity index (χ1v) is 7.65. The first-order chi connectivity index (χ1) is 9.17. The van der Waals surface area contributed by atoms with Gasteiger partial charge in [-0.2, -0.15) is 11.8 Å². The Hall–Kier alpha value is -1.04. The lowest BCUT2D eigenvalue weighted by atomic mass is 10.1. The third-order valence-electron chi connectivity index (χ3n) is 3.05. The number of nitrogens with one attached hydrogen (secondary N) is 1. The van der Waals surface area contributed by atoms with E-state index >= 15 is 0 Å². The summed E-state index contributed by atoms with van der Waals surface area (Å²) < 4.78 is 0. The zero-order chi connectivity index (χ0) is 13.8. The smallest absolute Gasteiger partial charge is 0.159 e. The van der Waals surface area contributed by atoms with Gasteiger partial charge in [-0.25, -0.2) is 0 Å². The van der Waals surface area contributed by atoms with Crippen molar-refractivity contribution in [2.45, 2.75) is 18.2 Å². The number of rotatable bonds is 5. The van der Waals surface area contributed by atoms with Crippen LogP contribution < -0.4 is 5.32 Å². The summed E-state index contributed by atoms with van der Waals surface area (Å²) in [7, 11) is 0. The summed E-state index contributed by atoms with van der Waals surface area (Å²) >= 11 is 7.66. The fraction of sp³-hybridized carbons (Fsp3) is 0.385. The predicted molar refractivity (Wildman–Crippen MR) is 82.0 cm³/mol. The fourth-order valence-corrected chi connectivity index (χ4v) is 2.75. The van der Waals surface area contributed by atoms with Crippen LogP contribution in [-0.2, 0) is 0 Å². The first-order valence-electron chi connectivity index (χ1n) is 5.98. The van der Waals surface area contributed by atoms with Gasteiger partial charge in [0.15, 0.2) is 11.0 Å². The van der Waals surface area contributed by atoms with Gasteiger partial charge in [0.2, 0.25) is 0 Å². The molecule has 0 spiro atoms. The molecule has 6 heteroatoms. The highest BCUT2D eigenvalue weighted by Crippen LogP contribution is 2.26. The van der Waals surface area contributed by atoms with Crippen LogP contribution in [0.15, 0.2) is 24.3 Å². The minimum Gasteiger partial charge on any atom is -0.395 e. The Bertz CT molecular complexity index is 563. The Morgan fingerprint density at radius 1 is 1.32 bits per heavy atom. The van der Waals surface area contributed by atoms with E-state index in [-0.39, 0.29) is 17.9 Å². The molecule has 2 atom stereocenters. The van der Waals surface area contributed by atoms with Crippen molar-refractivity contribution in [2.24, 2.45) is 0 Å². The number of aliphatic hydroxyl groups excluding tert-OH is 1. The molecule has 0 aliphatic heterocycles. The van der Waals surface area contributed by atoms with Crippen molar-refractivity contribution in [2.75, 3.05) is 18.2 Å². The largest absolute Gasteiger partial charge is 0.395 e. The molecular weight excluding hydrogens is 282 g/mol. The van der Waals surface area contributed by atoms with Crippen molar-refractivity contribution >= 4 is 40.0 Å². The van der Waals surface area contributed by atoms with E-state index in [0.29, 0.717) is 11.0 Å². The lowest BCUT2D eigenvalue weighted by Gasteiger charge is -2.22. The van der Waals surface area contributed by atoms with Crippen LogP contribution in [0.5, 0.6) is 0 Å². The molecule has 0 aliphatic rings. The van der Waals surface area contributed by atoms with Gasteiger partial charge in [-0.15, -0.1) is 10.2 Å². The molecule has 2 rings (SSSR count). The van der Waals surface area contributed by atoms with Crippen molar-refractivity contribution in [3.63, 3.8) is 0 Å². The Morgan fingerprint density at radius 3 is 2.63 bits per heavy atom. The molecule has 2 aromatic rings. The van der Waals surface area contributed by atoms with E-state index in [1.54, 1.807) is 11.8 Å². The number of hydrogen-bond acceptors (Lipinski definition) is 5. The van der Waals surface area contributed by atoms with E-state index in [9.17, 15) is 5.11 Å². The monoisotopic (exact) mass is 297 g/mol. The predicted octanol–water partition coefficient (Wildman–Crippen LogP) is 2.81. The maximum Gasteiger partial charge on any atom is 0.159 e. The molecule has 1 aromatic carbocycles. The van der Waals surface area contributed by atoms with Crippen LogP contribution in [0.3, 0.4) is 0 Å². The van der Waals surface area contributed by atoms with Crippen molar-refractivity contribution in [1.29, 1.82) is 0 Å². The highest BCUT2D eigenvalue weighted by Gasteiger charge is 2.17. The Labute approximate surface area is 121 Å². The standard InChI is InChI=1S/C13H16ClN3OS/c1-8(11(7-18)19-2)15-13-10-6-4-3-5-9(10)12(14)16-17-13/h3-6,8,11,18H,7H2,1-2H3,(H,15,17). The van der Waals surface area contributed by atoms with Crippen LogP contribution in [0.25, 0.3) is 10.8 Å². The van der Waals surface area contributed by atoms with Gasteiger partial charge in [-0.05, 0) is 13.2 Å². The lowest BCUT2D eigenvalue weighted by molar-refractivity contribution is 0.288. The maximum absolute atomic E-state index is 9.31. The minimum absolute atomic E-state index is 0.0823. The van der Waals surface area contributed by atoms with E-state index in [1.165, 1.54) is 0 Å². The van der Waals surface area contributed by atoms with Crippen molar-refractivity contribution in [1.82, 2.24) is 10.2 Å². The summed E-state index contributed by atoms with van der Waals surface area (Å²) in [6.45, 7) is 2.14. The molecule has 1 aromatic heterocycles. The molecule has 0 amide bonds. The minimum atomic E-state index is 0.0823.